The summed E-state index contributed by atoms with van der Waals surface area (Å²) in [7, 11) is 1.59. The van der Waals surface area contributed by atoms with Crippen LogP contribution in [0.15, 0.2) is 24.3 Å². The molecular weight excluding hydrogens is 256 g/mol. The van der Waals surface area contributed by atoms with Gasteiger partial charge < -0.3 is 20.5 Å². The molecule has 0 radical (unpaired) electrons. The highest BCUT2D eigenvalue weighted by Crippen LogP contribution is 2.39. The van der Waals surface area contributed by atoms with Gasteiger partial charge in [-0.1, -0.05) is 12.1 Å². The Hall–Kier alpha value is -1.75. The van der Waals surface area contributed by atoms with E-state index in [1.165, 1.54) is 0 Å². The number of amides is 1. The molecule has 110 valence electrons. The average Bonchev–Trinajstić information content (AvgIpc) is 3.30. The van der Waals surface area contributed by atoms with Crippen LogP contribution in [0.4, 0.5) is 5.69 Å². The van der Waals surface area contributed by atoms with Crippen molar-refractivity contribution < 1.29 is 14.6 Å². The van der Waals surface area contributed by atoms with Crippen LogP contribution in [-0.2, 0) is 4.79 Å². The van der Waals surface area contributed by atoms with Crippen molar-refractivity contribution in [2.45, 2.75) is 25.3 Å². The second-order valence-electron chi connectivity index (χ2n) is 5.45. The summed E-state index contributed by atoms with van der Waals surface area (Å²) in [6, 6.07) is 7.45. The van der Waals surface area contributed by atoms with E-state index >= 15 is 0 Å². The molecule has 20 heavy (non-hydrogen) atoms. The number of rotatable bonds is 7. The lowest BCUT2D eigenvalue weighted by Crippen LogP contribution is -2.52. The zero-order chi connectivity index (χ0) is 14.6. The molecule has 5 nitrogen and oxygen atoms in total. The van der Waals surface area contributed by atoms with Crippen LogP contribution in [0.5, 0.6) is 5.75 Å². The highest BCUT2D eigenvalue weighted by molar-refractivity contribution is 5.82. The molecule has 1 atom stereocenters. The molecule has 1 fully saturated rings. The summed E-state index contributed by atoms with van der Waals surface area (Å²) in [5, 5.41) is 15.4. The van der Waals surface area contributed by atoms with E-state index in [4.69, 9.17) is 4.74 Å². The molecule has 1 unspecified atom stereocenters. The van der Waals surface area contributed by atoms with Crippen molar-refractivity contribution in [3.63, 3.8) is 0 Å². The second-order valence-corrected chi connectivity index (χ2v) is 5.45. The summed E-state index contributed by atoms with van der Waals surface area (Å²) in [5.41, 5.74) is 0.279. The van der Waals surface area contributed by atoms with Crippen LogP contribution >= 0.6 is 0 Å². The molecule has 1 amide bonds. The molecule has 1 saturated carbocycles. The smallest absolute Gasteiger partial charge is 0.239 e. The van der Waals surface area contributed by atoms with Crippen molar-refractivity contribution >= 4 is 11.6 Å². The summed E-state index contributed by atoms with van der Waals surface area (Å²) in [6.07, 6.45) is 2.13. The molecule has 5 heteroatoms. The van der Waals surface area contributed by atoms with Gasteiger partial charge in [-0.3, -0.25) is 4.79 Å². The predicted octanol–water partition coefficient (Wildman–Crippen LogP) is 1.38. The van der Waals surface area contributed by atoms with E-state index in [0.717, 1.165) is 18.5 Å². The summed E-state index contributed by atoms with van der Waals surface area (Å²) in [6.45, 7) is 2.02. The van der Waals surface area contributed by atoms with Gasteiger partial charge in [0.15, 0.2) is 0 Å². The predicted molar refractivity (Wildman–Crippen MR) is 77.8 cm³/mol. The van der Waals surface area contributed by atoms with Gasteiger partial charge in [-0.05, 0) is 37.8 Å². The van der Waals surface area contributed by atoms with Crippen molar-refractivity contribution in [1.82, 2.24) is 5.32 Å². The van der Waals surface area contributed by atoms with E-state index in [1.54, 1.807) is 7.11 Å². The van der Waals surface area contributed by atoms with E-state index < -0.39 is 5.54 Å². The number of ether oxygens (including phenoxy) is 1. The van der Waals surface area contributed by atoms with Gasteiger partial charge in [0.1, 0.15) is 5.75 Å². The van der Waals surface area contributed by atoms with Crippen LogP contribution in [0.3, 0.4) is 0 Å². The summed E-state index contributed by atoms with van der Waals surface area (Å²) < 4.78 is 5.21. The third-order valence-electron chi connectivity index (χ3n) is 3.78. The monoisotopic (exact) mass is 278 g/mol. The van der Waals surface area contributed by atoms with Crippen molar-refractivity contribution in [2.24, 2.45) is 5.92 Å². The van der Waals surface area contributed by atoms with Crippen LogP contribution in [0, 0.1) is 5.92 Å². The Balaban J connectivity index is 1.88. The maximum atomic E-state index is 12.0. The number of hydrogen-bond donors (Lipinski definition) is 3. The number of methoxy groups -OCH3 is 1. The van der Waals surface area contributed by atoms with E-state index in [9.17, 15) is 9.90 Å². The number of para-hydroxylation sites is 2. The fraction of sp³-hybridized carbons (Fsp3) is 0.533. The van der Waals surface area contributed by atoms with Crippen LogP contribution in [0.1, 0.15) is 19.8 Å². The number of hydrogen-bond acceptors (Lipinski definition) is 4. The van der Waals surface area contributed by atoms with E-state index in [-0.39, 0.29) is 19.1 Å². The zero-order valence-corrected chi connectivity index (χ0v) is 12.0. The Labute approximate surface area is 119 Å². The van der Waals surface area contributed by atoms with Gasteiger partial charge in [0, 0.05) is 0 Å². The maximum absolute atomic E-state index is 12.0. The standard InChI is InChI=1S/C15H22N2O3/c1-15(10-18,11-7-8-11)17-14(19)9-16-12-5-3-4-6-13(12)20-2/h3-6,11,16,18H,7-10H2,1-2H3,(H,17,19). The van der Waals surface area contributed by atoms with Crippen LogP contribution in [0.2, 0.25) is 0 Å². The molecule has 3 N–H and O–H groups in total. The Morgan fingerprint density at radius 1 is 1.45 bits per heavy atom. The maximum Gasteiger partial charge on any atom is 0.239 e. The largest absolute Gasteiger partial charge is 0.495 e. The van der Waals surface area contributed by atoms with E-state index in [2.05, 4.69) is 10.6 Å². The normalized spacial score (nSPS) is 17.1. The number of anilines is 1. The number of benzene rings is 1. The van der Waals surface area contributed by atoms with Crippen molar-refractivity contribution in [2.75, 3.05) is 25.6 Å². The third kappa shape index (κ3) is 3.42. The highest BCUT2D eigenvalue weighted by Gasteiger charge is 2.42. The Morgan fingerprint density at radius 3 is 2.75 bits per heavy atom. The first-order valence-corrected chi connectivity index (χ1v) is 6.88. The van der Waals surface area contributed by atoms with Crippen LogP contribution < -0.4 is 15.4 Å². The lowest BCUT2D eigenvalue weighted by Gasteiger charge is -2.29. The topological polar surface area (TPSA) is 70.6 Å². The minimum atomic E-state index is -0.500. The fourth-order valence-corrected chi connectivity index (χ4v) is 2.32. The summed E-state index contributed by atoms with van der Waals surface area (Å²) >= 11 is 0. The lowest BCUT2D eigenvalue weighted by molar-refractivity contribution is -0.122. The molecule has 1 aromatic rings. The van der Waals surface area contributed by atoms with Gasteiger partial charge in [-0.15, -0.1) is 0 Å². The lowest BCUT2D eigenvalue weighted by atomic mass is 9.97. The summed E-state index contributed by atoms with van der Waals surface area (Å²) in [5.74, 6) is 0.967. The highest BCUT2D eigenvalue weighted by atomic mass is 16.5. The number of aliphatic hydroxyl groups excluding tert-OH is 1. The second kappa shape index (κ2) is 6.13. The third-order valence-corrected chi connectivity index (χ3v) is 3.78. The first-order valence-electron chi connectivity index (χ1n) is 6.88. The van der Waals surface area contributed by atoms with Gasteiger partial charge >= 0.3 is 0 Å². The molecule has 0 bridgehead atoms. The molecule has 0 aromatic heterocycles. The number of nitrogens with one attached hydrogen (secondary N) is 2. The summed E-state index contributed by atoms with van der Waals surface area (Å²) in [4.78, 5) is 12.0. The fourth-order valence-electron chi connectivity index (χ4n) is 2.32. The Morgan fingerprint density at radius 2 is 2.15 bits per heavy atom. The zero-order valence-electron chi connectivity index (χ0n) is 12.0. The number of carbonyl (C=O) groups is 1. The number of carbonyl (C=O) groups excluding carboxylic acids is 1. The van der Waals surface area contributed by atoms with Gasteiger partial charge in [0.25, 0.3) is 0 Å². The molecule has 1 aliphatic carbocycles. The molecule has 0 aliphatic heterocycles. The van der Waals surface area contributed by atoms with Crippen molar-refractivity contribution in [1.29, 1.82) is 0 Å². The molecule has 1 aliphatic rings. The molecule has 1 aromatic carbocycles. The Kier molecular flexibility index (Phi) is 4.49. The van der Waals surface area contributed by atoms with Crippen LogP contribution in [0.25, 0.3) is 0 Å². The average molecular weight is 278 g/mol. The molecule has 2 rings (SSSR count). The van der Waals surface area contributed by atoms with Crippen molar-refractivity contribution in [3.05, 3.63) is 24.3 Å². The van der Waals surface area contributed by atoms with E-state index in [1.807, 2.05) is 31.2 Å². The molecule has 0 saturated heterocycles. The molecule has 0 heterocycles. The minimum absolute atomic E-state index is 0.0297. The molecule has 0 spiro atoms. The van der Waals surface area contributed by atoms with Gasteiger partial charge in [0.05, 0.1) is 31.5 Å². The first-order chi connectivity index (χ1) is 9.59. The minimum Gasteiger partial charge on any atom is -0.495 e. The first kappa shape index (κ1) is 14.7. The van der Waals surface area contributed by atoms with Crippen LogP contribution in [-0.4, -0.2) is 36.8 Å². The van der Waals surface area contributed by atoms with Gasteiger partial charge in [-0.25, -0.2) is 0 Å². The molecular formula is C15H22N2O3. The quantitative estimate of drug-likeness (QED) is 0.705. The van der Waals surface area contributed by atoms with E-state index in [0.29, 0.717) is 11.7 Å². The number of aliphatic hydroxyl groups is 1. The SMILES string of the molecule is COc1ccccc1NCC(=O)NC(C)(CO)C1CC1. The Bertz CT molecular complexity index is 474. The van der Waals surface area contributed by atoms with Gasteiger partial charge in [0.2, 0.25) is 5.91 Å². The van der Waals surface area contributed by atoms with Crippen molar-refractivity contribution in [3.8, 4) is 5.75 Å². The van der Waals surface area contributed by atoms with Gasteiger partial charge in [-0.2, -0.15) is 0 Å².